The van der Waals surface area contributed by atoms with Gasteiger partial charge in [0.25, 0.3) is 0 Å². The Labute approximate surface area is 247 Å². The van der Waals surface area contributed by atoms with E-state index in [1.807, 2.05) is 24.4 Å². The van der Waals surface area contributed by atoms with Crippen LogP contribution in [0.4, 0.5) is 0 Å². The molecule has 5 aromatic carbocycles. The van der Waals surface area contributed by atoms with Gasteiger partial charge in [-0.1, -0.05) is 97.1 Å². The minimum absolute atomic E-state index is 0.885. The smallest absolute Gasteiger partial charge is 0.165 e. The summed E-state index contributed by atoms with van der Waals surface area (Å²) in [5.41, 5.74) is 8.52. The minimum Gasteiger partial charge on any atom is -0.292 e. The zero-order chi connectivity index (χ0) is 28.3. The zero-order valence-electron chi connectivity index (χ0n) is 23.2. The van der Waals surface area contributed by atoms with Crippen LogP contribution >= 0.6 is 0 Å². The molecule has 202 valence electrons. The number of fused-ring (bicyclic) bond motifs is 7. The number of rotatable bonds is 4. The number of para-hydroxylation sites is 3. The van der Waals surface area contributed by atoms with Crippen LogP contribution in [0.3, 0.4) is 0 Å². The highest BCUT2D eigenvalue weighted by Gasteiger charge is 2.26. The van der Waals surface area contributed by atoms with E-state index in [1.54, 1.807) is 0 Å². The second-order valence-electron chi connectivity index (χ2n) is 10.7. The molecule has 4 aromatic heterocycles. The van der Waals surface area contributed by atoms with Gasteiger partial charge in [0.15, 0.2) is 5.65 Å². The molecule has 0 N–H and O–H groups in total. The van der Waals surface area contributed by atoms with Crippen molar-refractivity contribution in [2.45, 2.75) is 0 Å². The van der Waals surface area contributed by atoms with E-state index in [0.29, 0.717) is 0 Å². The van der Waals surface area contributed by atoms with Crippen molar-refractivity contribution in [1.29, 1.82) is 0 Å². The summed E-state index contributed by atoms with van der Waals surface area (Å²) < 4.78 is 6.94. The van der Waals surface area contributed by atoms with Crippen molar-refractivity contribution in [3.63, 3.8) is 0 Å². The highest BCUT2D eigenvalue weighted by molar-refractivity contribution is 6.23. The van der Waals surface area contributed by atoms with Crippen LogP contribution in [-0.2, 0) is 0 Å². The average molecular weight is 552 g/mol. The van der Waals surface area contributed by atoms with Gasteiger partial charge in [-0.25, -0.2) is 9.97 Å². The van der Waals surface area contributed by atoms with Crippen molar-refractivity contribution >= 4 is 43.9 Å². The maximum atomic E-state index is 5.44. The number of hydrogen-bond acceptors (Lipinski definition) is 2. The molecule has 0 aliphatic carbocycles. The molecule has 5 heteroatoms. The quantitative estimate of drug-likeness (QED) is 0.219. The lowest BCUT2D eigenvalue weighted by molar-refractivity contribution is 1.07. The van der Waals surface area contributed by atoms with Gasteiger partial charge in [0, 0.05) is 39.3 Å². The first-order valence-corrected chi connectivity index (χ1v) is 14.5. The largest absolute Gasteiger partial charge is 0.292 e. The Morgan fingerprint density at radius 1 is 0.419 bits per heavy atom. The second kappa shape index (κ2) is 9.29. The van der Waals surface area contributed by atoms with Gasteiger partial charge < -0.3 is 0 Å². The Bertz CT molecular complexity index is 2420. The first-order valence-electron chi connectivity index (χ1n) is 14.5. The predicted octanol–water partition coefficient (Wildman–Crippen LogP) is 9.13. The fourth-order valence-electron chi connectivity index (χ4n) is 6.53. The van der Waals surface area contributed by atoms with E-state index in [-0.39, 0.29) is 0 Å². The monoisotopic (exact) mass is 551 g/mol. The fourth-order valence-corrected chi connectivity index (χ4v) is 6.53. The lowest BCUT2D eigenvalue weighted by Gasteiger charge is -2.12. The zero-order valence-corrected chi connectivity index (χ0v) is 23.2. The first kappa shape index (κ1) is 23.7. The van der Waals surface area contributed by atoms with E-state index in [1.165, 1.54) is 10.8 Å². The van der Waals surface area contributed by atoms with Gasteiger partial charge in [-0.05, 0) is 48.5 Å². The molecule has 0 saturated heterocycles. The van der Waals surface area contributed by atoms with Crippen molar-refractivity contribution in [2.75, 3.05) is 0 Å². The lowest BCUT2D eigenvalue weighted by atomic mass is 10.1. The topological polar surface area (TPSA) is 40.6 Å². The normalized spacial score (nSPS) is 11.7. The van der Waals surface area contributed by atoms with Gasteiger partial charge >= 0.3 is 0 Å². The van der Waals surface area contributed by atoms with Crippen molar-refractivity contribution in [1.82, 2.24) is 23.7 Å². The first-order chi connectivity index (χ1) is 21.4. The Hall–Kier alpha value is -5.94. The molecule has 9 rings (SSSR count). The Balaban J connectivity index is 1.55. The third-order valence-electron chi connectivity index (χ3n) is 8.30. The number of imidazole rings is 1. The molecule has 0 atom stereocenters. The van der Waals surface area contributed by atoms with E-state index in [4.69, 9.17) is 9.97 Å². The van der Waals surface area contributed by atoms with Gasteiger partial charge in [-0.3, -0.25) is 13.7 Å². The maximum Gasteiger partial charge on any atom is 0.165 e. The number of benzene rings is 5. The van der Waals surface area contributed by atoms with Crippen LogP contribution in [0.15, 0.2) is 152 Å². The van der Waals surface area contributed by atoms with E-state index in [9.17, 15) is 0 Å². The standard InChI is InChI=1S/C38H25N5/c1-4-14-26(15-5-1)37-40-38-36(42(37)28-18-8-3-9-19-28)31-24-23-30-29-20-10-11-21-32(29)43(33-22-12-13-25-39-33)34(30)35(31)41(38)27-16-6-2-7-17-27/h1-25H. The van der Waals surface area contributed by atoms with Gasteiger partial charge in [-0.2, -0.15) is 0 Å². The van der Waals surface area contributed by atoms with E-state index >= 15 is 0 Å². The molecular weight excluding hydrogens is 526 g/mol. The third kappa shape index (κ3) is 3.45. The van der Waals surface area contributed by atoms with Crippen LogP contribution in [0.5, 0.6) is 0 Å². The molecule has 0 radical (unpaired) electrons. The van der Waals surface area contributed by atoms with Gasteiger partial charge in [0.2, 0.25) is 0 Å². The Morgan fingerprint density at radius 3 is 1.74 bits per heavy atom. The second-order valence-corrected chi connectivity index (χ2v) is 10.7. The molecule has 0 unspecified atom stereocenters. The maximum absolute atomic E-state index is 5.44. The van der Waals surface area contributed by atoms with Crippen molar-refractivity contribution in [3.8, 4) is 28.6 Å². The van der Waals surface area contributed by atoms with E-state index in [2.05, 4.69) is 141 Å². The number of nitrogens with zero attached hydrogens (tertiary/aromatic N) is 5. The van der Waals surface area contributed by atoms with Crippen LogP contribution in [0.25, 0.3) is 72.5 Å². The number of pyridine rings is 1. The molecule has 9 aromatic rings. The van der Waals surface area contributed by atoms with Crippen LogP contribution in [0, 0.1) is 0 Å². The molecule has 5 nitrogen and oxygen atoms in total. The Morgan fingerprint density at radius 2 is 1.02 bits per heavy atom. The number of aromatic nitrogens is 5. The fraction of sp³-hybridized carbons (Fsp3) is 0. The molecule has 0 spiro atoms. The summed E-state index contributed by atoms with van der Waals surface area (Å²) in [6, 6.07) is 50.8. The molecule has 0 saturated carbocycles. The van der Waals surface area contributed by atoms with Crippen LogP contribution in [-0.4, -0.2) is 23.7 Å². The molecule has 0 amide bonds. The van der Waals surface area contributed by atoms with Crippen molar-refractivity contribution < 1.29 is 0 Å². The highest BCUT2D eigenvalue weighted by Crippen LogP contribution is 2.43. The summed E-state index contributed by atoms with van der Waals surface area (Å²) in [7, 11) is 0. The van der Waals surface area contributed by atoms with Crippen LogP contribution in [0.2, 0.25) is 0 Å². The third-order valence-corrected chi connectivity index (χ3v) is 8.30. The molecular formula is C38H25N5. The van der Waals surface area contributed by atoms with Gasteiger partial charge in [0.05, 0.1) is 16.6 Å². The molecule has 0 fully saturated rings. The molecule has 0 aliphatic rings. The minimum atomic E-state index is 0.885. The summed E-state index contributed by atoms with van der Waals surface area (Å²) in [5.74, 6) is 1.80. The van der Waals surface area contributed by atoms with Gasteiger partial charge in [0.1, 0.15) is 17.2 Å². The Kier molecular flexibility index (Phi) is 5.13. The van der Waals surface area contributed by atoms with Crippen LogP contribution < -0.4 is 0 Å². The summed E-state index contributed by atoms with van der Waals surface area (Å²) in [6.07, 6.45) is 1.86. The molecule has 4 heterocycles. The summed E-state index contributed by atoms with van der Waals surface area (Å²) >= 11 is 0. The lowest BCUT2D eigenvalue weighted by Crippen LogP contribution is -2.01. The molecule has 43 heavy (non-hydrogen) atoms. The van der Waals surface area contributed by atoms with Crippen molar-refractivity contribution in [3.05, 3.63) is 152 Å². The average Bonchev–Trinajstić information content (AvgIpc) is 3.73. The molecule has 0 bridgehead atoms. The number of hydrogen-bond donors (Lipinski definition) is 0. The summed E-state index contributed by atoms with van der Waals surface area (Å²) in [5, 5.41) is 3.50. The van der Waals surface area contributed by atoms with Crippen molar-refractivity contribution in [2.24, 2.45) is 0 Å². The van der Waals surface area contributed by atoms with Crippen LogP contribution in [0.1, 0.15) is 0 Å². The van der Waals surface area contributed by atoms with Gasteiger partial charge in [-0.15, -0.1) is 0 Å². The molecule has 0 aliphatic heterocycles. The predicted molar refractivity (Wildman–Crippen MR) is 175 cm³/mol. The summed E-state index contributed by atoms with van der Waals surface area (Å²) in [6.45, 7) is 0. The SMILES string of the molecule is c1ccc(-c2nc3c(c4ccc5c6ccccc6n(-c6ccccn6)c5c4n3-c3ccccc3)n2-c2ccccc2)cc1. The van der Waals surface area contributed by atoms with E-state index in [0.717, 1.165) is 61.7 Å². The highest BCUT2D eigenvalue weighted by atomic mass is 15.2. The summed E-state index contributed by atoms with van der Waals surface area (Å²) in [4.78, 5) is 10.3. The van der Waals surface area contributed by atoms with E-state index < -0.39 is 0 Å².